The van der Waals surface area contributed by atoms with E-state index in [2.05, 4.69) is 16.5 Å². The van der Waals surface area contributed by atoms with E-state index in [1.165, 1.54) is 4.90 Å². The molecule has 39 heavy (non-hydrogen) atoms. The van der Waals surface area contributed by atoms with Crippen LogP contribution in [0.15, 0.2) is 61.2 Å². The van der Waals surface area contributed by atoms with Crippen molar-refractivity contribution in [3.63, 3.8) is 0 Å². The number of amides is 4. The predicted molar refractivity (Wildman–Crippen MR) is 146 cm³/mol. The minimum absolute atomic E-state index is 0.0994. The fraction of sp³-hybridized carbons (Fsp3) is 0.333. The first-order chi connectivity index (χ1) is 18.6. The molecule has 0 aliphatic carbocycles. The molecule has 0 spiro atoms. The molecule has 9 heteroatoms. The zero-order chi connectivity index (χ0) is 27.9. The molecular formula is C30H32N4O5. The van der Waals surface area contributed by atoms with Gasteiger partial charge in [-0.05, 0) is 56.2 Å². The van der Waals surface area contributed by atoms with Gasteiger partial charge in [-0.1, -0.05) is 36.9 Å². The average Bonchev–Trinajstić information content (AvgIpc) is 3.21. The highest BCUT2D eigenvalue weighted by Gasteiger charge is 2.45. The number of esters is 1. The Bertz CT molecular complexity index is 1480. The van der Waals surface area contributed by atoms with Gasteiger partial charge in [-0.2, -0.15) is 0 Å². The molecular weight excluding hydrogens is 496 g/mol. The van der Waals surface area contributed by atoms with E-state index in [0.717, 1.165) is 33.8 Å². The summed E-state index contributed by atoms with van der Waals surface area (Å²) in [7, 11) is 0. The van der Waals surface area contributed by atoms with Crippen LogP contribution in [0.5, 0.6) is 0 Å². The van der Waals surface area contributed by atoms with Crippen LogP contribution in [0.2, 0.25) is 0 Å². The van der Waals surface area contributed by atoms with Crippen LogP contribution < -0.4 is 5.32 Å². The second-order valence-electron chi connectivity index (χ2n) is 10.9. The first kappa shape index (κ1) is 26.2. The van der Waals surface area contributed by atoms with E-state index in [1.807, 2.05) is 57.2 Å². The van der Waals surface area contributed by atoms with E-state index < -0.39 is 11.5 Å². The van der Waals surface area contributed by atoms with Crippen molar-refractivity contribution in [1.29, 1.82) is 0 Å². The molecule has 5 rings (SSSR count). The Morgan fingerprint density at radius 3 is 2.51 bits per heavy atom. The van der Waals surface area contributed by atoms with Crippen LogP contribution in [0.3, 0.4) is 0 Å². The van der Waals surface area contributed by atoms with Gasteiger partial charge >= 0.3 is 12.0 Å². The number of fused-ring (bicyclic) bond motifs is 6. The molecule has 3 heterocycles. The summed E-state index contributed by atoms with van der Waals surface area (Å²) in [6.45, 7) is 10.4. The summed E-state index contributed by atoms with van der Waals surface area (Å²) in [6, 6.07) is 14.9. The molecule has 4 amide bonds. The van der Waals surface area contributed by atoms with Crippen LogP contribution in [0.25, 0.3) is 10.9 Å². The van der Waals surface area contributed by atoms with Gasteiger partial charge in [0.25, 0.3) is 0 Å². The lowest BCUT2D eigenvalue weighted by atomic mass is 9.89. The lowest BCUT2D eigenvalue weighted by Crippen LogP contribution is -2.58. The number of ether oxygens (including phenoxy) is 1. The van der Waals surface area contributed by atoms with Gasteiger partial charge in [0.1, 0.15) is 5.60 Å². The Hall–Kier alpha value is -4.40. The number of carbonyl (C=O) groups excluding carboxylic acids is 4. The lowest BCUT2D eigenvalue weighted by molar-refractivity contribution is -0.133. The highest BCUT2D eigenvalue weighted by Crippen LogP contribution is 2.41. The van der Waals surface area contributed by atoms with Gasteiger partial charge in [0.15, 0.2) is 0 Å². The molecule has 2 aromatic carbocycles. The van der Waals surface area contributed by atoms with E-state index in [9.17, 15) is 19.2 Å². The van der Waals surface area contributed by atoms with E-state index in [0.29, 0.717) is 25.2 Å². The van der Waals surface area contributed by atoms with E-state index in [1.54, 1.807) is 17.0 Å². The quantitative estimate of drug-likeness (QED) is 0.371. The molecule has 1 atom stereocenters. The van der Waals surface area contributed by atoms with E-state index in [4.69, 9.17) is 4.74 Å². The molecule has 1 fully saturated rings. The van der Waals surface area contributed by atoms with Crippen molar-refractivity contribution in [3.8, 4) is 0 Å². The van der Waals surface area contributed by atoms with Gasteiger partial charge in [-0.3, -0.25) is 14.5 Å². The van der Waals surface area contributed by atoms with E-state index in [-0.39, 0.29) is 36.9 Å². The molecule has 9 nitrogen and oxygen atoms in total. The van der Waals surface area contributed by atoms with Crippen LogP contribution in [0.1, 0.15) is 53.9 Å². The number of benzene rings is 2. The number of hydrogen-bond donors (Lipinski definition) is 1. The fourth-order valence-corrected chi connectivity index (χ4v) is 5.32. The van der Waals surface area contributed by atoms with Crippen molar-refractivity contribution >= 4 is 34.7 Å². The second kappa shape index (κ2) is 10.1. The second-order valence-corrected chi connectivity index (χ2v) is 10.9. The standard InChI is InChI=1S/C30H32N4O5/c1-5-25(35)31-14-15-33-27(36)22-17-32(29(33)38)18-24-26(22)21-8-6-7-9-23(21)34(24)16-19-10-12-20(13-11-19)28(37)39-30(2,3)4/h5-13,22H,1,14-18H2,2-4H3,(H,31,35). The molecule has 3 aromatic rings. The lowest BCUT2D eigenvalue weighted by Gasteiger charge is -2.42. The smallest absolute Gasteiger partial charge is 0.338 e. The van der Waals surface area contributed by atoms with Crippen molar-refractivity contribution in [2.45, 2.75) is 45.4 Å². The Morgan fingerprint density at radius 1 is 1.10 bits per heavy atom. The normalized spacial score (nSPS) is 16.7. The van der Waals surface area contributed by atoms with Gasteiger partial charge in [0.05, 0.1) is 18.0 Å². The molecule has 1 aromatic heterocycles. The summed E-state index contributed by atoms with van der Waals surface area (Å²) in [5.74, 6) is -1.46. The van der Waals surface area contributed by atoms with Crippen molar-refractivity contribution < 1.29 is 23.9 Å². The van der Waals surface area contributed by atoms with Gasteiger partial charge in [-0.15, -0.1) is 0 Å². The number of carbonyl (C=O) groups is 4. The van der Waals surface area contributed by atoms with Crippen LogP contribution in [0.4, 0.5) is 4.79 Å². The minimum atomic E-state index is -0.573. The fourth-order valence-electron chi connectivity index (χ4n) is 5.32. The van der Waals surface area contributed by atoms with Gasteiger partial charge in [-0.25, -0.2) is 9.59 Å². The van der Waals surface area contributed by atoms with Crippen LogP contribution >= 0.6 is 0 Å². The minimum Gasteiger partial charge on any atom is -0.456 e. The topological polar surface area (TPSA) is 101 Å². The molecule has 2 bridgehead atoms. The average molecular weight is 529 g/mol. The zero-order valence-corrected chi connectivity index (χ0v) is 22.4. The highest BCUT2D eigenvalue weighted by atomic mass is 16.6. The summed E-state index contributed by atoms with van der Waals surface area (Å²) in [5.41, 5.74) is 3.76. The van der Waals surface area contributed by atoms with Crippen LogP contribution in [-0.2, 0) is 27.4 Å². The SMILES string of the molecule is C=CC(=O)NCCN1C(=O)C2CN(Cc3c2c2ccccc2n3Cc2ccc(C(=O)OC(C)(C)C)cc2)C1=O. The first-order valence-electron chi connectivity index (χ1n) is 13.0. The number of aromatic nitrogens is 1. The van der Waals surface area contributed by atoms with Gasteiger partial charge in [0, 0.05) is 42.8 Å². The Kier molecular flexibility index (Phi) is 6.76. The third-order valence-electron chi connectivity index (χ3n) is 7.03. The Labute approximate surface area is 227 Å². The highest BCUT2D eigenvalue weighted by molar-refractivity contribution is 6.04. The van der Waals surface area contributed by atoms with Crippen molar-refractivity contribution in [2.75, 3.05) is 19.6 Å². The first-order valence-corrected chi connectivity index (χ1v) is 13.0. The largest absolute Gasteiger partial charge is 0.456 e. The molecule has 2 aliphatic heterocycles. The van der Waals surface area contributed by atoms with E-state index >= 15 is 0 Å². The summed E-state index contributed by atoms with van der Waals surface area (Å²) in [4.78, 5) is 53.7. The van der Waals surface area contributed by atoms with Crippen molar-refractivity contribution in [3.05, 3.63) is 83.6 Å². The summed E-state index contributed by atoms with van der Waals surface area (Å²) in [5, 5.41) is 3.62. The van der Waals surface area contributed by atoms with Crippen molar-refractivity contribution in [1.82, 2.24) is 19.7 Å². The molecule has 2 aliphatic rings. The Balaban J connectivity index is 1.45. The molecule has 0 radical (unpaired) electrons. The number of urea groups is 1. The molecule has 1 N–H and O–H groups in total. The number of nitrogens with zero attached hydrogens (tertiary/aromatic N) is 3. The maximum atomic E-state index is 13.6. The number of hydrogen-bond acceptors (Lipinski definition) is 5. The third-order valence-corrected chi connectivity index (χ3v) is 7.03. The van der Waals surface area contributed by atoms with Crippen molar-refractivity contribution in [2.24, 2.45) is 0 Å². The number of imide groups is 1. The maximum Gasteiger partial charge on any atom is 0.338 e. The monoisotopic (exact) mass is 528 g/mol. The Morgan fingerprint density at radius 2 is 1.82 bits per heavy atom. The summed E-state index contributed by atoms with van der Waals surface area (Å²) in [6.07, 6.45) is 1.16. The van der Waals surface area contributed by atoms with Crippen LogP contribution in [0, 0.1) is 0 Å². The zero-order valence-electron chi connectivity index (χ0n) is 22.4. The molecule has 202 valence electrons. The number of para-hydroxylation sites is 1. The van der Waals surface area contributed by atoms with Gasteiger partial charge in [0.2, 0.25) is 11.8 Å². The summed E-state index contributed by atoms with van der Waals surface area (Å²) >= 11 is 0. The molecule has 1 saturated heterocycles. The third kappa shape index (κ3) is 5.04. The summed E-state index contributed by atoms with van der Waals surface area (Å²) < 4.78 is 7.63. The number of rotatable bonds is 7. The van der Waals surface area contributed by atoms with Crippen LogP contribution in [-0.4, -0.2) is 63.4 Å². The predicted octanol–water partition coefficient (Wildman–Crippen LogP) is 3.81. The number of nitrogens with one attached hydrogen (secondary N) is 1. The van der Waals surface area contributed by atoms with Gasteiger partial charge < -0.3 is 19.5 Å². The molecule has 0 saturated carbocycles. The molecule has 1 unspecified atom stereocenters. The maximum absolute atomic E-state index is 13.6.